The summed E-state index contributed by atoms with van der Waals surface area (Å²) in [6.45, 7) is 8.18. The first-order chi connectivity index (χ1) is 26.7. The molecule has 0 spiro atoms. The lowest BCUT2D eigenvalue weighted by atomic mass is 9.90. The van der Waals surface area contributed by atoms with Crippen molar-refractivity contribution in [1.29, 1.82) is 0 Å². The molecule has 0 saturated carbocycles. The fourth-order valence-electron chi connectivity index (χ4n) is 6.77. The minimum Gasteiger partial charge on any atom is -0.488 e. The van der Waals surface area contributed by atoms with Crippen molar-refractivity contribution >= 4 is 17.9 Å². The van der Waals surface area contributed by atoms with E-state index in [1.807, 2.05) is 91.9 Å². The molecule has 286 valence electrons. The first-order valence-electron chi connectivity index (χ1n) is 18.8. The van der Waals surface area contributed by atoms with Crippen LogP contribution in [0, 0.1) is 5.92 Å². The molecule has 0 bridgehead atoms. The fraction of sp³-hybridized carbons (Fsp3) is 0.326. The standard InChI is InChI=1S/C43H48N6O6/c1-4-44-42(51)41-47-46-40(49(41)34-17-15-30(16-18-34)23-31-19-21-48(22-20-31)39(50)26-45-43(52)53)36-24-35(29(2)3)37(54-27-32-11-7-5-8-12-32)25-38(36)55-28-33-13-9-6-10-14-33/h5-18,24-25,29,31,45H,4,19-23,26-28H2,1-3H3,(H,44,51)(H,52,53). The van der Waals surface area contributed by atoms with Gasteiger partial charge in [-0.3, -0.25) is 14.2 Å². The Bertz CT molecular complexity index is 2060. The van der Waals surface area contributed by atoms with Crippen LogP contribution in [0.1, 0.15) is 72.4 Å². The number of aromatic nitrogens is 3. The van der Waals surface area contributed by atoms with E-state index in [0.29, 0.717) is 61.7 Å². The second-order valence-electron chi connectivity index (χ2n) is 14.0. The van der Waals surface area contributed by atoms with Crippen LogP contribution in [0.15, 0.2) is 97.1 Å². The van der Waals surface area contributed by atoms with Gasteiger partial charge in [0.1, 0.15) is 31.3 Å². The van der Waals surface area contributed by atoms with Crippen LogP contribution in [0.3, 0.4) is 0 Å². The summed E-state index contributed by atoms with van der Waals surface area (Å²) in [5, 5.41) is 22.9. The Balaban J connectivity index is 1.32. The lowest BCUT2D eigenvalue weighted by Crippen LogP contribution is -2.44. The molecule has 12 nitrogen and oxygen atoms in total. The van der Waals surface area contributed by atoms with E-state index >= 15 is 0 Å². The van der Waals surface area contributed by atoms with Crippen LogP contribution in [0.25, 0.3) is 17.1 Å². The number of likely N-dealkylation sites (tertiary alicyclic amines) is 1. The number of carbonyl (C=O) groups is 3. The van der Waals surface area contributed by atoms with Gasteiger partial charge in [-0.05, 0) is 78.5 Å². The van der Waals surface area contributed by atoms with Crippen molar-refractivity contribution in [1.82, 2.24) is 30.3 Å². The number of rotatable bonds is 15. The normalized spacial score (nSPS) is 13.1. The first kappa shape index (κ1) is 38.6. The van der Waals surface area contributed by atoms with E-state index in [1.165, 1.54) is 0 Å². The molecule has 0 unspecified atom stereocenters. The van der Waals surface area contributed by atoms with Gasteiger partial charge in [0.05, 0.1) is 5.56 Å². The van der Waals surface area contributed by atoms with Gasteiger partial charge in [0, 0.05) is 31.4 Å². The van der Waals surface area contributed by atoms with Crippen molar-refractivity contribution in [3.8, 4) is 28.6 Å². The minimum absolute atomic E-state index is 0.0950. The molecule has 6 rings (SSSR count). The SMILES string of the molecule is CCNC(=O)c1nnc(-c2cc(C(C)C)c(OCc3ccccc3)cc2OCc2ccccc2)n1-c1ccc(CC2CCN(C(=O)CNC(=O)O)CC2)cc1. The van der Waals surface area contributed by atoms with Crippen LogP contribution in [-0.2, 0) is 24.4 Å². The number of hydrogen-bond acceptors (Lipinski definition) is 7. The summed E-state index contributed by atoms with van der Waals surface area (Å²) in [6.07, 6.45) is 1.27. The molecule has 3 N–H and O–H groups in total. The van der Waals surface area contributed by atoms with Gasteiger partial charge in [-0.1, -0.05) is 86.6 Å². The van der Waals surface area contributed by atoms with Gasteiger partial charge in [-0.2, -0.15) is 0 Å². The highest BCUT2D eigenvalue weighted by Crippen LogP contribution is 2.40. The predicted molar refractivity (Wildman–Crippen MR) is 209 cm³/mol. The van der Waals surface area contributed by atoms with Gasteiger partial charge >= 0.3 is 6.09 Å². The van der Waals surface area contributed by atoms with Crippen molar-refractivity contribution in [3.05, 3.63) is 125 Å². The number of hydrogen-bond donors (Lipinski definition) is 3. The van der Waals surface area contributed by atoms with E-state index in [0.717, 1.165) is 47.2 Å². The van der Waals surface area contributed by atoms with Crippen molar-refractivity contribution in [2.75, 3.05) is 26.2 Å². The maximum Gasteiger partial charge on any atom is 0.405 e. The molecular formula is C43H48N6O6. The lowest BCUT2D eigenvalue weighted by Gasteiger charge is -2.32. The zero-order valence-corrected chi connectivity index (χ0v) is 31.5. The molecule has 55 heavy (non-hydrogen) atoms. The summed E-state index contributed by atoms with van der Waals surface area (Å²) in [4.78, 5) is 38.4. The van der Waals surface area contributed by atoms with Gasteiger partial charge in [-0.25, -0.2) is 4.79 Å². The summed E-state index contributed by atoms with van der Waals surface area (Å²) in [6, 6.07) is 32.0. The molecule has 0 atom stereocenters. The molecule has 1 aliphatic rings. The molecular weight excluding hydrogens is 697 g/mol. The van der Waals surface area contributed by atoms with Gasteiger partial charge in [-0.15, -0.1) is 10.2 Å². The Morgan fingerprint density at radius 3 is 2.00 bits per heavy atom. The van der Waals surface area contributed by atoms with E-state index in [-0.39, 0.29) is 30.1 Å². The Hall–Kier alpha value is -6.17. The quantitative estimate of drug-likeness (QED) is 0.104. The first-order valence-corrected chi connectivity index (χ1v) is 18.8. The largest absolute Gasteiger partial charge is 0.488 e. The van der Waals surface area contributed by atoms with E-state index in [4.69, 9.17) is 14.6 Å². The van der Waals surface area contributed by atoms with Gasteiger partial charge < -0.3 is 30.1 Å². The zero-order valence-electron chi connectivity index (χ0n) is 31.5. The maximum absolute atomic E-state index is 13.5. The summed E-state index contributed by atoms with van der Waals surface area (Å²) >= 11 is 0. The summed E-state index contributed by atoms with van der Waals surface area (Å²) < 4.78 is 14.8. The van der Waals surface area contributed by atoms with Crippen molar-refractivity contribution in [3.63, 3.8) is 0 Å². The molecule has 1 aliphatic heterocycles. The molecule has 1 aromatic heterocycles. The number of benzene rings is 4. The van der Waals surface area contributed by atoms with Crippen LogP contribution in [0.2, 0.25) is 0 Å². The van der Waals surface area contributed by atoms with Crippen LogP contribution in [0.4, 0.5) is 4.79 Å². The molecule has 3 amide bonds. The monoisotopic (exact) mass is 744 g/mol. The molecule has 5 aromatic rings. The molecule has 0 radical (unpaired) electrons. The van der Waals surface area contributed by atoms with Crippen LogP contribution in [-0.4, -0.2) is 68.9 Å². The van der Waals surface area contributed by atoms with Crippen LogP contribution < -0.4 is 20.1 Å². The van der Waals surface area contributed by atoms with E-state index in [1.54, 1.807) is 9.47 Å². The Kier molecular flexibility index (Phi) is 12.8. The highest BCUT2D eigenvalue weighted by atomic mass is 16.5. The molecule has 0 aliphatic carbocycles. The fourth-order valence-corrected chi connectivity index (χ4v) is 6.77. The predicted octanol–water partition coefficient (Wildman–Crippen LogP) is 7.01. The minimum atomic E-state index is -1.21. The zero-order chi connectivity index (χ0) is 38.7. The van der Waals surface area contributed by atoms with E-state index in [2.05, 4.69) is 46.8 Å². The van der Waals surface area contributed by atoms with Crippen LogP contribution in [0.5, 0.6) is 11.5 Å². The molecule has 1 fully saturated rings. The van der Waals surface area contributed by atoms with Gasteiger partial charge in [0.25, 0.3) is 5.91 Å². The number of carbonyl (C=O) groups excluding carboxylic acids is 2. The van der Waals surface area contributed by atoms with Crippen molar-refractivity contribution < 1.29 is 29.0 Å². The lowest BCUT2D eigenvalue weighted by molar-refractivity contribution is -0.131. The number of piperidine rings is 1. The van der Waals surface area contributed by atoms with E-state index < -0.39 is 6.09 Å². The summed E-state index contributed by atoms with van der Waals surface area (Å²) in [7, 11) is 0. The summed E-state index contributed by atoms with van der Waals surface area (Å²) in [5.74, 6) is 1.79. The average molecular weight is 745 g/mol. The smallest absolute Gasteiger partial charge is 0.405 e. The molecule has 4 aromatic carbocycles. The van der Waals surface area contributed by atoms with E-state index in [9.17, 15) is 14.4 Å². The van der Waals surface area contributed by atoms with Gasteiger partial charge in [0.2, 0.25) is 11.7 Å². The number of carboxylic acid groups (broad SMARTS) is 1. The maximum atomic E-state index is 13.5. The second-order valence-corrected chi connectivity index (χ2v) is 14.0. The van der Waals surface area contributed by atoms with Gasteiger partial charge in [0.15, 0.2) is 5.82 Å². The Labute approximate surface area is 321 Å². The number of amides is 3. The van der Waals surface area contributed by atoms with Crippen LogP contribution >= 0.6 is 0 Å². The Morgan fingerprint density at radius 2 is 1.42 bits per heavy atom. The average Bonchev–Trinajstić information content (AvgIpc) is 3.65. The molecule has 1 saturated heterocycles. The highest BCUT2D eigenvalue weighted by molar-refractivity contribution is 5.92. The van der Waals surface area contributed by atoms with Crippen molar-refractivity contribution in [2.45, 2.75) is 59.2 Å². The molecule has 2 heterocycles. The second kappa shape index (κ2) is 18.2. The molecule has 12 heteroatoms. The number of nitrogens with zero attached hydrogens (tertiary/aromatic N) is 4. The Morgan fingerprint density at radius 1 is 0.800 bits per heavy atom. The van der Waals surface area contributed by atoms with Crippen molar-refractivity contribution in [2.24, 2.45) is 5.92 Å². The highest BCUT2D eigenvalue weighted by Gasteiger charge is 2.27. The third kappa shape index (κ3) is 9.88. The number of ether oxygens (including phenoxy) is 2. The number of nitrogens with one attached hydrogen (secondary N) is 2. The topological polar surface area (TPSA) is 148 Å². The third-order valence-electron chi connectivity index (χ3n) is 9.73. The third-order valence-corrected chi connectivity index (χ3v) is 9.73. The summed E-state index contributed by atoms with van der Waals surface area (Å²) in [5.41, 5.74) is 5.55.